The molecule has 1 aliphatic rings. The molecule has 0 bridgehead atoms. The summed E-state index contributed by atoms with van der Waals surface area (Å²) in [4.78, 5) is 18.3. The number of pyridine rings is 1. The van der Waals surface area contributed by atoms with Crippen LogP contribution in [0.2, 0.25) is 0 Å². The normalized spacial score (nSPS) is 16.0. The number of aromatic carboxylic acids is 1. The summed E-state index contributed by atoms with van der Waals surface area (Å²) >= 11 is 0. The molecule has 0 spiro atoms. The molecule has 1 saturated carbocycles. The lowest BCUT2D eigenvalue weighted by molar-refractivity contribution is 0.0699. The van der Waals surface area contributed by atoms with E-state index in [0.717, 1.165) is 24.2 Å². The van der Waals surface area contributed by atoms with Crippen LogP contribution in [0.4, 0.5) is 5.82 Å². The monoisotopic (exact) mass is 284 g/mol. The maximum Gasteiger partial charge on any atom is 0.336 e. The van der Waals surface area contributed by atoms with Crippen LogP contribution in [0.3, 0.4) is 0 Å². The fraction of sp³-hybridized carbons (Fsp3) is 0.412. The molecule has 0 amide bonds. The number of aromatic nitrogens is 1. The highest BCUT2D eigenvalue weighted by Crippen LogP contribution is 2.28. The summed E-state index contributed by atoms with van der Waals surface area (Å²) in [7, 11) is 2.03. The van der Waals surface area contributed by atoms with Gasteiger partial charge >= 0.3 is 5.97 Å². The molecule has 2 aromatic rings. The number of anilines is 1. The molecule has 21 heavy (non-hydrogen) atoms. The third-order valence-corrected chi connectivity index (χ3v) is 4.42. The van der Waals surface area contributed by atoms with E-state index in [2.05, 4.69) is 9.88 Å². The number of rotatable bonds is 3. The number of hydrogen-bond donors (Lipinski definition) is 1. The molecule has 0 aliphatic heterocycles. The van der Waals surface area contributed by atoms with Crippen molar-refractivity contribution in [3.63, 3.8) is 0 Å². The first kappa shape index (κ1) is 13.9. The van der Waals surface area contributed by atoms with Crippen molar-refractivity contribution in [3.8, 4) is 0 Å². The van der Waals surface area contributed by atoms with Crippen molar-refractivity contribution in [2.75, 3.05) is 11.9 Å². The van der Waals surface area contributed by atoms with Crippen molar-refractivity contribution >= 4 is 22.7 Å². The first-order valence-electron chi connectivity index (χ1n) is 7.53. The van der Waals surface area contributed by atoms with Gasteiger partial charge in [0.25, 0.3) is 0 Å². The number of carboxylic acids is 1. The third-order valence-electron chi connectivity index (χ3n) is 4.42. The molecular formula is C17H20N2O2. The maximum atomic E-state index is 11.5. The summed E-state index contributed by atoms with van der Waals surface area (Å²) in [5, 5.41) is 10.2. The Morgan fingerprint density at radius 1 is 1.24 bits per heavy atom. The zero-order valence-corrected chi connectivity index (χ0v) is 12.2. The van der Waals surface area contributed by atoms with Gasteiger partial charge in [0.15, 0.2) is 0 Å². The molecule has 1 fully saturated rings. The minimum Gasteiger partial charge on any atom is -0.478 e. The number of hydrogen-bond acceptors (Lipinski definition) is 3. The average molecular weight is 284 g/mol. The second kappa shape index (κ2) is 5.72. The fourth-order valence-corrected chi connectivity index (χ4v) is 3.17. The van der Waals surface area contributed by atoms with Crippen LogP contribution in [-0.4, -0.2) is 29.1 Å². The zero-order chi connectivity index (χ0) is 14.8. The Morgan fingerprint density at radius 2 is 1.95 bits per heavy atom. The number of carbonyl (C=O) groups is 1. The summed E-state index contributed by atoms with van der Waals surface area (Å²) < 4.78 is 0. The summed E-state index contributed by atoms with van der Waals surface area (Å²) in [6, 6.07) is 9.61. The number of carboxylic acid groups (broad SMARTS) is 1. The predicted molar refractivity (Wildman–Crippen MR) is 84.0 cm³/mol. The highest BCUT2D eigenvalue weighted by molar-refractivity contribution is 6.03. The SMILES string of the molecule is CN(c1cc(C(=O)O)c2ccccc2n1)C1CCCCC1. The van der Waals surface area contributed by atoms with E-state index in [1.165, 1.54) is 19.3 Å². The van der Waals surface area contributed by atoms with Crippen molar-refractivity contribution < 1.29 is 9.90 Å². The van der Waals surface area contributed by atoms with Crippen LogP contribution in [0, 0.1) is 0 Å². The number of benzene rings is 1. The van der Waals surface area contributed by atoms with Gasteiger partial charge in [0.1, 0.15) is 5.82 Å². The van der Waals surface area contributed by atoms with Gasteiger partial charge in [-0.2, -0.15) is 0 Å². The maximum absolute atomic E-state index is 11.5. The summed E-state index contributed by atoms with van der Waals surface area (Å²) in [5.74, 6) is -0.134. The minimum absolute atomic E-state index is 0.332. The Labute approximate surface area is 124 Å². The predicted octanol–water partition coefficient (Wildman–Crippen LogP) is 3.70. The van der Waals surface area contributed by atoms with Crippen LogP contribution in [0.1, 0.15) is 42.5 Å². The van der Waals surface area contributed by atoms with E-state index in [9.17, 15) is 9.90 Å². The Morgan fingerprint density at radius 3 is 2.67 bits per heavy atom. The molecule has 0 unspecified atom stereocenters. The van der Waals surface area contributed by atoms with Gasteiger partial charge in [-0.1, -0.05) is 37.5 Å². The smallest absolute Gasteiger partial charge is 0.336 e. The third kappa shape index (κ3) is 2.71. The van der Waals surface area contributed by atoms with Gasteiger partial charge in [-0.25, -0.2) is 9.78 Å². The van der Waals surface area contributed by atoms with Crippen LogP contribution >= 0.6 is 0 Å². The molecule has 110 valence electrons. The number of fused-ring (bicyclic) bond motifs is 1. The molecule has 0 radical (unpaired) electrons. The molecule has 4 heteroatoms. The summed E-state index contributed by atoms with van der Waals surface area (Å²) in [6.07, 6.45) is 6.11. The van der Waals surface area contributed by atoms with Gasteiger partial charge in [-0.15, -0.1) is 0 Å². The number of para-hydroxylation sites is 1. The van der Waals surface area contributed by atoms with Crippen LogP contribution in [0.5, 0.6) is 0 Å². The molecular weight excluding hydrogens is 264 g/mol. The van der Waals surface area contributed by atoms with Gasteiger partial charge in [0, 0.05) is 18.5 Å². The molecule has 0 atom stereocenters. The Kier molecular flexibility index (Phi) is 3.78. The van der Waals surface area contributed by atoms with Crippen molar-refractivity contribution in [1.82, 2.24) is 4.98 Å². The molecule has 1 aliphatic carbocycles. The summed E-state index contributed by atoms with van der Waals surface area (Å²) in [5.41, 5.74) is 1.08. The zero-order valence-electron chi connectivity index (χ0n) is 12.2. The molecule has 1 aromatic heterocycles. The van der Waals surface area contributed by atoms with Gasteiger partial charge < -0.3 is 10.0 Å². The first-order chi connectivity index (χ1) is 10.2. The van der Waals surface area contributed by atoms with E-state index in [1.54, 1.807) is 6.07 Å². The molecule has 0 saturated heterocycles. The first-order valence-corrected chi connectivity index (χ1v) is 7.53. The minimum atomic E-state index is -0.896. The fourth-order valence-electron chi connectivity index (χ4n) is 3.17. The van der Waals surface area contributed by atoms with Crippen molar-refractivity contribution in [3.05, 3.63) is 35.9 Å². The van der Waals surface area contributed by atoms with E-state index in [0.29, 0.717) is 17.0 Å². The van der Waals surface area contributed by atoms with Gasteiger partial charge in [0.05, 0.1) is 11.1 Å². The Balaban J connectivity index is 2.04. The van der Waals surface area contributed by atoms with Crippen LogP contribution in [0.25, 0.3) is 10.9 Å². The Hall–Kier alpha value is -2.10. The van der Waals surface area contributed by atoms with Gasteiger partial charge in [-0.3, -0.25) is 0 Å². The van der Waals surface area contributed by atoms with Crippen molar-refractivity contribution in [2.24, 2.45) is 0 Å². The molecule has 4 nitrogen and oxygen atoms in total. The standard InChI is InChI=1S/C17H20N2O2/c1-19(12-7-3-2-4-8-12)16-11-14(17(20)21)13-9-5-6-10-15(13)18-16/h5-6,9-12H,2-4,7-8H2,1H3,(H,20,21). The Bertz CT molecular complexity index is 663. The topological polar surface area (TPSA) is 53.4 Å². The lowest BCUT2D eigenvalue weighted by Crippen LogP contribution is -2.34. The van der Waals surface area contributed by atoms with E-state index in [1.807, 2.05) is 31.3 Å². The lowest BCUT2D eigenvalue weighted by Gasteiger charge is -2.32. The molecule has 1 N–H and O–H groups in total. The second-order valence-electron chi connectivity index (χ2n) is 5.75. The van der Waals surface area contributed by atoms with E-state index < -0.39 is 5.97 Å². The quantitative estimate of drug-likeness (QED) is 0.933. The van der Waals surface area contributed by atoms with E-state index in [-0.39, 0.29) is 0 Å². The van der Waals surface area contributed by atoms with Gasteiger partial charge in [-0.05, 0) is 25.0 Å². The van der Waals surface area contributed by atoms with E-state index >= 15 is 0 Å². The number of nitrogens with zero attached hydrogens (tertiary/aromatic N) is 2. The molecule has 3 rings (SSSR count). The van der Waals surface area contributed by atoms with Crippen molar-refractivity contribution in [2.45, 2.75) is 38.1 Å². The summed E-state index contributed by atoms with van der Waals surface area (Å²) in [6.45, 7) is 0. The highest BCUT2D eigenvalue weighted by atomic mass is 16.4. The second-order valence-corrected chi connectivity index (χ2v) is 5.75. The lowest BCUT2D eigenvalue weighted by atomic mass is 9.94. The van der Waals surface area contributed by atoms with Gasteiger partial charge in [0.2, 0.25) is 0 Å². The van der Waals surface area contributed by atoms with Crippen molar-refractivity contribution in [1.29, 1.82) is 0 Å². The molecule has 1 heterocycles. The van der Waals surface area contributed by atoms with Crippen LogP contribution < -0.4 is 4.90 Å². The average Bonchev–Trinajstić information content (AvgIpc) is 2.53. The largest absolute Gasteiger partial charge is 0.478 e. The van der Waals surface area contributed by atoms with E-state index in [4.69, 9.17) is 0 Å². The van der Waals surface area contributed by atoms with Crippen LogP contribution in [0.15, 0.2) is 30.3 Å². The van der Waals surface area contributed by atoms with Crippen LogP contribution in [-0.2, 0) is 0 Å². The molecule has 1 aromatic carbocycles. The highest BCUT2D eigenvalue weighted by Gasteiger charge is 2.21.